The summed E-state index contributed by atoms with van der Waals surface area (Å²) in [4.78, 5) is 39.0. The maximum Gasteiger partial charge on any atom is 0.339 e. The van der Waals surface area contributed by atoms with Crippen molar-refractivity contribution >= 4 is 34.0 Å². The van der Waals surface area contributed by atoms with E-state index in [1.54, 1.807) is 14.0 Å². The second kappa shape index (κ2) is 7.51. The van der Waals surface area contributed by atoms with Gasteiger partial charge in [-0.25, -0.2) is 4.79 Å². The molecule has 3 rings (SSSR count). The van der Waals surface area contributed by atoms with E-state index >= 15 is 0 Å². The van der Waals surface area contributed by atoms with Gasteiger partial charge in [0.2, 0.25) is 5.78 Å². The molecule has 0 amide bonds. The molecule has 0 unspecified atom stereocenters. The number of carbonyl (C=O) groups excluding carboxylic acids is 2. The first kappa shape index (κ1) is 19.1. The van der Waals surface area contributed by atoms with Crippen LogP contribution in [0.15, 0.2) is 42.5 Å². The highest BCUT2D eigenvalue weighted by atomic mass is 16.6. The molecule has 0 aliphatic heterocycles. The molecule has 8 nitrogen and oxygen atoms in total. The monoisotopic (exact) mass is 381 g/mol. The van der Waals surface area contributed by atoms with Gasteiger partial charge in [0, 0.05) is 35.3 Å². The number of aromatic nitrogens is 1. The quantitative estimate of drug-likeness (QED) is 0.290. The molecule has 0 spiro atoms. The Morgan fingerprint density at radius 3 is 2.61 bits per heavy atom. The third-order valence-corrected chi connectivity index (χ3v) is 4.49. The number of Topliss-reactive ketones (excluding diaryl/α,β-unsaturated/α-hetero) is 1. The van der Waals surface area contributed by atoms with Crippen molar-refractivity contribution in [3.8, 4) is 0 Å². The number of ether oxygens (including phenoxy) is 1. The van der Waals surface area contributed by atoms with Gasteiger partial charge in [-0.1, -0.05) is 18.2 Å². The summed E-state index contributed by atoms with van der Waals surface area (Å²) in [6.07, 6.45) is -1.05. The highest BCUT2D eigenvalue weighted by molar-refractivity contribution is 6.11. The minimum absolute atomic E-state index is 0.000925. The van der Waals surface area contributed by atoms with E-state index in [0.29, 0.717) is 11.3 Å². The standard InChI is InChI=1S/C20H19N3O5/c1-11-18(14-6-4-5-7-15(14)22-11)19(24)12(2)28-20(25)13-8-9-16(21-3)17(10-13)23(26)27/h4-10,12,21-22H,1-3H3/t12-/m1/s1. The first-order valence-corrected chi connectivity index (χ1v) is 8.62. The van der Waals surface area contributed by atoms with Gasteiger partial charge in [0.1, 0.15) is 5.69 Å². The summed E-state index contributed by atoms with van der Waals surface area (Å²) in [7, 11) is 1.55. The van der Waals surface area contributed by atoms with Gasteiger partial charge in [0.05, 0.1) is 10.5 Å². The fraction of sp³-hybridized carbons (Fsp3) is 0.200. The van der Waals surface area contributed by atoms with E-state index in [4.69, 9.17) is 4.74 Å². The molecule has 1 atom stereocenters. The lowest BCUT2D eigenvalue weighted by Crippen LogP contribution is -2.25. The Morgan fingerprint density at radius 2 is 1.93 bits per heavy atom. The summed E-state index contributed by atoms with van der Waals surface area (Å²) in [5.74, 6) is -1.14. The summed E-state index contributed by atoms with van der Waals surface area (Å²) < 4.78 is 5.29. The molecule has 2 aromatic carbocycles. The van der Waals surface area contributed by atoms with Crippen molar-refractivity contribution < 1.29 is 19.2 Å². The largest absolute Gasteiger partial charge is 0.451 e. The second-order valence-corrected chi connectivity index (χ2v) is 6.32. The van der Waals surface area contributed by atoms with Gasteiger partial charge >= 0.3 is 5.97 Å². The zero-order valence-electron chi connectivity index (χ0n) is 15.6. The van der Waals surface area contributed by atoms with Crippen LogP contribution < -0.4 is 5.32 Å². The zero-order valence-corrected chi connectivity index (χ0v) is 15.6. The highest BCUT2D eigenvalue weighted by Crippen LogP contribution is 2.27. The molecule has 3 aromatic rings. The molecule has 0 saturated carbocycles. The van der Waals surface area contributed by atoms with Gasteiger partial charge in [0.25, 0.3) is 5.69 Å². The van der Waals surface area contributed by atoms with E-state index in [1.165, 1.54) is 19.1 Å². The van der Waals surface area contributed by atoms with Crippen LogP contribution in [0.2, 0.25) is 0 Å². The van der Waals surface area contributed by atoms with Crippen molar-refractivity contribution in [2.24, 2.45) is 0 Å². The Labute approximate surface area is 160 Å². The molecule has 0 saturated heterocycles. The van der Waals surface area contributed by atoms with E-state index in [0.717, 1.165) is 17.0 Å². The number of aryl methyl sites for hydroxylation is 1. The Kier molecular flexibility index (Phi) is 5.12. The Balaban J connectivity index is 1.84. The molecule has 0 radical (unpaired) electrons. The van der Waals surface area contributed by atoms with Crippen molar-refractivity contribution in [3.63, 3.8) is 0 Å². The van der Waals surface area contributed by atoms with Crippen LogP contribution in [0.3, 0.4) is 0 Å². The normalized spacial score (nSPS) is 11.8. The van der Waals surface area contributed by atoms with Crippen LogP contribution >= 0.6 is 0 Å². The van der Waals surface area contributed by atoms with Gasteiger partial charge < -0.3 is 15.0 Å². The number of H-pyrrole nitrogens is 1. The summed E-state index contributed by atoms with van der Waals surface area (Å²) in [6, 6.07) is 11.3. The number of carbonyl (C=O) groups is 2. The van der Waals surface area contributed by atoms with Crippen LogP contribution in [-0.4, -0.2) is 34.8 Å². The maximum atomic E-state index is 12.9. The minimum Gasteiger partial charge on any atom is -0.451 e. The second-order valence-electron chi connectivity index (χ2n) is 6.32. The topological polar surface area (TPSA) is 114 Å². The van der Waals surface area contributed by atoms with Crippen molar-refractivity contribution in [1.82, 2.24) is 4.98 Å². The number of hydrogen-bond donors (Lipinski definition) is 2. The van der Waals surface area contributed by atoms with Gasteiger partial charge in [-0.15, -0.1) is 0 Å². The SMILES string of the molecule is CNc1ccc(C(=O)O[C@H](C)C(=O)c2c(C)[nH]c3ccccc23)cc1[N+](=O)[O-]. The molecule has 0 aliphatic carbocycles. The first-order valence-electron chi connectivity index (χ1n) is 8.62. The van der Waals surface area contributed by atoms with E-state index in [1.807, 2.05) is 24.3 Å². The van der Waals surface area contributed by atoms with Crippen molar-refractivity contribution in [1.29, 1.82) is 0 Å². The maximum absolute atomic E-state index is 12.9. The van der Waals surface area contributed by atoms with E-state index in [2.05, 4.69) is 10.3 Å². The van der Waals surface area contributed by atoms with Crippen LogP contribution in [0.1, 0.15) is 33.3 Å². The van der Waals surface area contributed by atoms with E-state index in [-0.39, 0.29) is 22.7 Å². The number of anilines is 1. The fourth-order valence-corrected chi connectivity index (χ4v) is 3.10. The van der Waals surface area contributed by atoms with Crippen LogP contribution in [0.4, 0.5) is 11.4 Å². The molecular weight excluding hydrogens is 362 g/mol. The number of fused-ring (bicyclic) bond motifs is 1. The predicted octanol–water partition coefficient (Wildman–Crippen LogP) is 3.85. The number of nitro groups is 1. The molecule has 8 heteroatoms. The lowest BCUT2D eigenvalue weighted by Gasteiger charge is -2.13. The van der Waals surface area contributed by atoms with Crippen LogP contribution in [-0.2, 0) is 4.74 Å². The summed E-state index contributed by atoms with van der Waals surface area (Å²) in [5, 5.41) is 14.6. The van der Waals surface area contributed by atoms with Crippen molar-refractivity contribution in [2.75, 3.05) is 12.4 Å². The van der Waals surface area contributed by atoms with Crippen LogP contribution in [0.25, 0.3) is 10.9 Å². The molecule has 144 valence electrons. The number of aromatic amines is 1. The summed E-state index contributed by atoms with van der Waals surface area (Å²) in [5.41, 5.74) is 2.00. The predicted molar refractivity (Wildman–Crippen MR) is 105 cm³/mol. The zero-order chi connectivity index (χ0) is 20.4. The number of para-hydroxylation sites is 1. The molecule has 2 N–H and O–H groups in total. The summed E-state index contributed by atoms with van der Waals surface area (Å²) >= 11 is 0. The number of benzene rings is 2. The molecule has 1 aromatic heterocycles. The van der Waals surface area contributed by atoms with Crippen molar-refractivity contribution in [2.45, 2.75) is 20.0 Å². The minimum atomic E-state index is -1.05. The lowest BCUT2D eigenvalue weighted by atomic mass is 10.0. The molecule has 0 bridgehead atoms. The van der Waals surface area contributed by atoms with Gasteiger partial charge in [-0.3, -0.25) is 14.9 Å². The molecule has 28 heavy (non-hydrogen) atoms. The van der Waals surface area contributed by atoms with Gasteiger partial charge in [0.15, 0.2) is 6.10 Å². The summed E-state index contributed by atoms with van der Waals surface area (Å²) in [6.45, 7) is 3.26. The van der Waals surface area contributed by atoms with E-state index < -0.39 is 17.0 Å². The van der Waals surface area contributed by atoms with Gasteiger partial charge in [-0.2, -0.15) is 0 Å². The lowest BCUT2D eigenvalue weighted by molar-refractivity contribution is -0.384. The number of rotatable bonds is 6. The number of ketones is 1. The first-order chi connectivity index (χ1) is 13.3. The average Bonchev–Trinajstić information content (AvgIpc) is 3.02. The van der Waals surface area contributed by atoms with E-state index in [9.17, 15) is 19.7 Å². The van der Waals surface area contributed by atoms with Crippen LogP contribution in [0, 0.1) is 17.0 Å². The molecule has 0 fully saturated rings. The Bertz CT molecular complexity index is 1090. The highest BCUT2D eigenvalue weighted by Gasteiger charge is 2.26. The number of hydrogen-bond acceptors (Lipinski definition) is 6. The number of nitro benzene ring substituents is 1. The third-order valence-electron chi connectivity index (χ3n) is 4.49. The Morgan fingerprint density at radius 1 is 1.21 bits per heavy atom. The number of esters is 1. The average molecular weight is 381 g/mol. The number of nitrogens with one attached hydrogen (secondary N) is 2. The van der Waals surface area contributed by atoms with Crippen LogP contribution in [0.5, 0.6) is 0 Å². The fourth-order valence-electron chi connectivity index (χ4n) is 3.10. The molecular formula is C20H19N3O5. The van der Waals surface area contributed by atoms with Gasteiger partial charge in [-0.05, 0) is 32.0 Å². The Hall–Kier alpha value is -3.68. The number of nitrogens with zero attached hydrogens (tertiary/aromatic N) is 1. The molecule has 1 heterocycles. The van der Waals surface area contributed by atoms with Crippen molar-refractivity contribution in [3.05, 3.63) is 69.4 Å². The third kappa shape index (κ3) is 3.44. The smallest absolute Gasteiger partial charge is 0.339 e. The molecule has 0 aliphatic rings.